The van der Waals surface area contributed by atoms with Gasteiger partial charge in [0.15, 0.2) is 0 Å². The van der Waals surface area contributed by atoms with Crippen molar-refractivity contribution in [3.05, 3.63) is 58.7 Å². The van der Waals surface area contributed by atoms with E-state index in [4.69, 9.17) is 5.11 Å². The molecule has 1 aliphatic carbocycles. The average Bonchev–Trinajstić information content (AvgIpc) is 3.31. The van der Waals surface area contributed by atoms with Crippen molar-refractivity contribution in [3.8, 4) is 11.1 Å². The van der Waals surface area contributed by atoms with Crippen molar-refractivity contribution in [3.63, 3.8) is 0 Å². The van der Waals surface area contributed by atoms with Gasteiger partial charge in [-0.25, -0.2) is 4.79 Å². The molecule has 1 fully saturated rings. The first-order valence-corrected chi connectivity index (χ1v) is 7.71. The van der Waals surface area contributed by atoms with Crippen molar-refractivity contribution in [2.24, 2.45) is 0 Å². The molecule has 2 aromatic rings. The highest BCUT2D eigenvalue weighted by atomic mass is 16.4. The Labute approximate surface area is 135 Å². The maximum atomic E-state index is 12.2. The summed E-state index contributed by atoms with van der Waals surface area (Å²) in [6, 6.07) is 11.0. The van der Waals surface area contributed by atoms with E-state index >= 15 is 0 Å². The van der Waals surface area contributed by atoms with Crippen LogP contribution in [0.2, 0.25) is 0 Å². The molecule has 1 aliphatic rings. The van der Waals surface area contributed by atoms with Crippen molar-refractivity contribution in [2.75, 3.05) is 0 Å². The van der Waals surface area contributed by atoms with Crippen molar-refractivity contribution in [1.29, 1.82) is 0 Å². The molecule has 1 saturated carbocycles. The summed E-state index contributed by atoms with van der Waals surface area (Å²) in [5.41, 5.74) is 4.76. The van der Waals surface area contributed by atoms with Crippen molar-refractivity contribution < 1.29 is 14.7 Å². The summed E-state index contributed by atoms with van der Waals surface area (Å²) in [4.78, 5) is 23.3. The summed E-state index contributed by atoms with van der Waals surface area (Å²) in [7, 11) is 0. The zero-order valence-corrected chi connectivity index (χ0v) is 13.2. The van der Waals surface area contributed by atoms with E-state index in [-0.39, 0.29) is 11.5 Å². The van der Waals surface area contributed by atoms with Crippen LogP contribution in [-0.2, 0) is 0 Å². The zero-order valence-electron chi connectivity index (χ0n) is 13.2. The van der Waals surface area contributed by atoms with Crippen LogP contribution < -0.4 is 5.32 Å². The molecule has 0 unspecified atom stereocenters. The molecule has 0 heterocycles. The summed E-state index contributed by atoms with van der Waals surface area (Å²) in [5, 5.41) is 12.1. The minimum Gasteiger partial charge on any atom is -0.478 e. The fraction of sp³-hybridized carbons (Fsp3) is 0.263. The molecule has 3 rings (SSSR count). The number of carbonyl (C=O) groups excluding carboxylic acids is 1. The van der Waals surface area contributed by atoms with Gasteiger partial charge in [0.1, 0.15) is 0 Å². The summed E-state index contributed by atoms with van der Waals surface area (Å²) in [6.07, 6.45) is 2.11. The highest BCUT2D eigenvalue weighted by molar-refractivity contribution is 5.96. The summed E-state index contributed by atoms with van der Waals surface area (Å²) >= 11 is 0. The summed E-state index contributed by atoms with van der Waals surface area (Å²) < 4.78 is 0. The third kappa shape index (κ3) is 3.26. The SMILES string of the molecule is Cc1cc(C(=O)O)ccc1-c1cc(C(=O)NC2CC2)ccc1C. The highest BCUT2D eigenvalue weighted by Crippen LogP contribution is 2.29. The van der Waals surface area contributed by atoms with Gasteiger partial charge >= 0.3 is 5.97 Å². The van der Waals surface area contributed by atoms with E-state index in [2.05, 4.69) is 5.32 Å². The molecule has 4 nitrogen and oxygen atoms in total. The molecule has 0 bridgehead atoms. The lowest BCUT2D eigenvalue weighted by atomic mass is 9.93. The normalized spacial score (nSPS) is 13.7. The second-order valence-electron chi connectivity index (χ2n) is 6.11. The highest BCUT2D eigenvalue weighted by Gasteiger charge is 2.24. The van der Waals surface area contributed by atoms with Crippen molar-refractivity contribution in [2.45, 2.75) is 32.7 Å². The van der Waals surface area contributed by atoms with Crippen molar-refractivity contribution in [1.82, 2.24) is 5.32 Å². The Balaban J connectivity index is 1.98. The monoisotopic (exact) mass is 309 g/mol. The summed E-state index contributed by atoms with van der Waals surface area (Å²) in [6.45, 7) is 3.88. The van der Waals surface area contributed by atoms with Gasteiger partial charge in [0, 0.05) is 11.6 Å². The number of aryl methyl sites for hydroxylation is 2. The number of hydrogen-bond donors (Lipinski definition) is 2. The van der Waals surface area contributed by atoms with Gasteiger partial charge in [-0.2, -0.15) is 0 Å². The molecule has 0 saturated heterocycles. The lowest BCUT2D eigenvalue weighted by molar-refractivity contribution is 0.0696. The number of benzene rings is 2. The van der Waals surface area contributed by atoms with Crippen LogP contribution in [0.15, 0.2) is 36.4 Å². The maximum absolute atomic E-state index is 12.2. The molecular weight excluding hydrogens is 290 g/mol. The predicted molar refractivity (Wildman–Crippen MR) is 88.8 cm³/mol. The number of carbonyl (C=O) groups is 2. The molecule has 0 aliphatic heterocycles. The van der Waals surface area contributed by atoms with Gasteiger partial charge in [-0.15, -0.1) is 0 Å². The average molecular weight is 309 g/mol. The Morgan fingerprint density at radius 3 is 2.26 bits per heavy atom. The first kappa shape index (κ1) is 15.3. The number of amides is 1. The zero-order chi connectivity index (χ0) is 16.6. The van der Waals surface area contributed by atoms with Gasteiger partial charge < -0.3 is 10.4 Å². The first-order valence-electron chi connectivity index (χ1n) is 7.71. The molecule has 2 N–H and O–H groups in total. The molecule has 118 valence electrons. The molecule has 23 heavy (non-hydrogen) atoms. The van der Waals surface area contributed by atoms with Crippen LogP contribution in [0.3, 0.4) is 0 Å². The van der Waals surface area contributed by atoms with Crippen LogP contribution in [-0.4, -0.2) is 23.0 Å². The van der Waals surface area contributed by atoms with Crippen LogP contribution in [0, 0.1) is 13.8 Å². The number of carboxylic acids is 1. The fourth-order valence-corrected chi connectivity index (χ4v) is 2.65. The number of carboxylic acid groups (broad SMARTS) is 1. The quantitative estimate of drug-likeness (QED) is 0.907. The molecule has 0 radical (unpaired) electrons. The van der Waals surface area contributed by atoms with E-state index in [1.54, 1.807) is 12.1 Å². The van der Waals surface area contributed by atoms with Crippen LogP contribution >= 0.6 is 0 Å². The lowest BCUT2D eigenvalue weighted by Gasteiger charge is -2.12. The third-order valence-corrected chi connectivity index (χ3v) is 4.18. The molecule has 0 spiro atoms. The second kappa shape index (κ2) is 5.88. The Kier molecular flexibility index (Phi) is 3.90. The molecular formula is C19H19NO3. The van der Waals surface area contributed by atoms with E-state index in [1.807, 2.05) is 38.1 Å². The van der Waals surface area contributed by atoms with Gasteiger partial charge in [-0.3, -0.25) is 4.79 Å². The standard InChI is InChI=1S/C19H19NO3/c1-11-3-4-13(18(21)20-15-6-7-15)10-17(11)16-8-5-14(19(22)23)9-12(16)2/h3-5,8-10,15H,6-7H2,1-2H3,(H,20,21)(H,22,23). The second-order valence-corrected chi connectivity index (χ2v) is 6.11. The smallest absolute Gasteiger partial charge is 0.335 e. The minimum atomic E-state index is -0.936. The summed E-state index contributed by atoms with van der Waals surface area (Å²) in [5.74, 6) is -0.984. The molecule has 4 heteroatoms. The molecule has 0 atom stereocenters. The topological polar surface area (TPSA) is 66.4 Å². The molecule has 1 amide bonds. The Morgan fingerprint density at radius 2 is 1.65 bits per heavy atom. The Morgan fingerprint density at radius 1 is 0.957 bits per heavy atom. The maximum Gasteiger partial charge on any atom is 0.335 e. The Bertz CT molecular complexity index is 791. The van der Waals surface area contributed by atoms with Crippen LogP contribution in [0.1, 0.15) is 44.7 Å². The van der Waals surface area contributed by atoms with Gasteiger partial charge in [-0.05, 0) is 73.2 Å². The van der Waals surface area contributed by atoms with Crippen LogP contribution in [0.5, 0.6) is 0 Å². The van der Waals surface area contributed by atoms with E-state index in [1.165, 1.54) is 0 Å². The largest absolute Gasteiger partial charge is 0.478 e. The predicted octanol–water partition coefficient (Wildman–Crippen LogP) is 3.56. The van der Waals surface area contributed by atoms with E-state index in [9.17, 15) is 9.59 Å². The van der Waals surface area contributed by atoms with E-state index < -0.39 is 5.97 Å². The number of aromatic carboxylic acids is 1. The van der Waals surface area contributed by atoms with Gasteiger partial charge in [0.2, 0.25) is 0 Å². The van der Waals surface area contributed by atoms with Gasteiger partial charge in [0.25, 0.3) is 5.91 Å². The van der Waals surface area contributed by atoms with E-state index in [0.717, 1.165) is 35.1 Å². The number of nitrogens with one attached hydrogen (secondary N) is 1. The minimum absolute atomic E-state index is 0.0476. The molecule has 0 aromatic heterocycles. The van der Waals surface area contributed by atoms with Gasteiger partial charge in [0.05, 0.1) is 5.56 Å². The van der Waals surface area contributed by atoms with Gasteiger partial charge in [-0.1, -0.05) is 12.1 Å². The third-order valence-electron chi connectivity index (χ3n) is 4.18. The van der Waals surface area contributed by atoms with E-state index in [0.29, 0.717) is 11.6 Å². The number of rotatable bonds is 4. The number of hydrogen-bond acceptors (Lipinski definition) is 2. The Hall–Kier alpha value is -2.62. The van der Waals surface area contributed by atoms with Crippen LogP contribution in [0.25, 0.3) is 11.1 Å². The lowest BCUT2D eigenvalue weighted by Crippen LogP contribution is -2.25. The first-order chi connectivity index (χ1) is 11.0. The van der Waals surface area contributed by atoms with Crippen molar-refractivity contribution >= 4 is 11.9 Å². The molecule has 2 aromatic carbocycles. The van der Waals surface area contributed by atoms with Crippen LogP contribution in [0.4, 0.5) is 0 Å². The fourth-order valence-electron chi connectivity index (χ4n) is 2.65.